The number of halogens is 12. The first-order valence-corrected chi connectivity index (χ1v) is 12.2. The largest absolute Gasteiger partial charge is 0.417 e. The summed E-state index contributed by atoms with van der Waals surface area (Å²) in [5, 5.41) is -0.929. The summed E-state index contributed by atoms with van der Waals surface area (Å²) in [5.41, 5.74) is -3.83. The van der Waals surface area contributed by atoms with Crippen LogP contribution in [0.5, 0.6) is 0 Å². The zero-order valence-electron chi connectivity index (χ0n) is 19.1. The van der Waals surface area contributed by atoms with Crippen molar-refractivity contribution in [3.8, 4) is 0 Å². The highest BCUT2D eigenvalue weighted by Gasteiger charge is 2.41. The number of Topliss-reactive ketones (excluding diaryl/α,β-unsaturated/α-hetero) is 1. The first kappa shape index (κ1) is 30.6. The Balaban J connectivity index is 1.96. The molecule has 1 nitrogen and oxygen atoms in total. The fourth-order valence-corrected chi connectivity index (χ4v) is 4.84. The number of carbonyl (C=O) groups is 1. The van der Waals surface area contributed by atoms with Crippen LogP contribution in [-0.2, 0) is 6.18 Å². The first-order valence-electron chi connectivity index (χ1n) is 11.1. The molecule has 1 fully saturated rings. The molecule has 1 atom stereocenters. The molecule has 1 saturated carbocycles. The molecule has 0 N–H and O–H groups in total. The third-order valence-corrected chi connectivity index (χ3v) is 7.44. The van der Waals surface area contributed by atoms with Gasteiger partial charge in [0, 0.05) is 30.4 Å². The fraction of sp³-hybridized carbons (Fsp3) is 0.400. The van der Waals surface area contributed by atoms with Crippen LogP contribution in [0.15, 0.2) is 36.4 Å². The van der Waals surface area contributed by atoms with E-state index in [2.05, 4.69) is 0 Å². The van der Waals surface area contributed by atoms with E-state index in [-0.39, 0.29) is 40.1 Å². The summed E-state index contributed by atoms with van der Waals surface area (Å²) in [7, 11) is 0. The molecule has 0 bridgehead atoms. The van der Waals surface area contributed by atoms with E-state index in [0.717, 1.165) is 18.2 Å². The lowest BCUT2D eigenvalue weighted by molar-refractivity contribution is -0.140. The number of carbonyl (C=O) groups excluding carboxylic acids is 1. The SMILES string of the molecule is O=C(CC1CCC(F)(F)CC1)c1ccc(/C(F)=C/C(c2cc(Cl)c(Cl)c(Cl)c2)C(F)(F)F)cc1C(F)(F)F. The zero-order valence-corrected chi connectivity index (χ0v) is 21.4. The topological polar surface area (TPSA) is 17.1 Å². The number of ketones is 1. The van der Waals surface area contributed by atoms with Crippen molar-refractivity contribution in [3.63, 3.8) is 0 Å². The third kappa shape index (κ3) is 7.39. The first-order chi connectivity index (χ1) is 17.4. The average molecular weight is 612 g/mol. The van der Waals surface area contributed by atoms with Crippen molar-refractivity contribution in [1.82, 2.24) is 0 Å². The van der Waals surface area contributed by atoms with Gasteiger partial charge in [0.05, 0.1) is 20.6 Å². The smallest absolute Gasteiger partial charge is 0.294 e. The second kappa shape index (κ2) is 11.3. The van der Waals surface area contributed by atoms with E-state index in [1.54, 1.807) is 0 Å². The molecule has 1 aliphatic carbocycles. The van der Waals surface area contributed by atoms with Gasteiger partial charge in [-0.3, -0.25) is 4.79 Å². The molecule has 0 heterocycles. The lowest BCUT2D eigenvalue weighted by Gasteiger charge is -2.28. The van der Waals surface area contributed by atoms with Crippen LogP contribution in [-0.4, -0.2) is 17.9 Å². The number of hydrogen-bond acceptors (Lipinski definition) is 1. The molecule has 0 radical (unpaired) electrons. The summed E-state index contributed by atoms with van der Waals surface area (Å²) >= 11 is 17.3. The summed E-state index contributed by atoms with van der Waals surface area (Å²) in [5.74, 6) is -8.71. The van der Waals surface area contributed by atoms with Crippen LogP contribution < -0.4 is 0 Å². The third-order valence-electron chi connectivity index (χ3n) is 6.24. The standard InChI is InChI=1S/C25H18Cl3F9O/c26-18-9-14(10-19(27)22(18)28)16(24(32,33)34)11-20(29)13-1-2-15(17(8-13)25(35,36)37)21(38)7-12-3-5-23(30,31)6-4-12/h1-2,8-12,16H,3-7H2/b20-11-. The van der Waals surface area contributed by atoms with Gasteiger partial charge in [0.15, 0.2) is 5.78 Å². The van der Waals surface area contributed by atoms with Gasteiger partial charge in [-0.2, -0.15) is 26.3 Å². The Morgan fingerprint density at radius 2 is 1.53 bits per heavy atom. The number of alkyl halides is 8. The van der Waals surface area contributed by atoms with Gasteiger partial charge in [-0.1, -0.05) is 46.9 Å². The molecule has 1 unspecified atom stereocenters. The van der Waals surface area contributed by atoms with Crippen LogP contribution in [0.2, 0.25) is 15.1 Å². The van der Waals surface area contributed by atoms with Crippen LogP contribution in [0.1, 0.15) is 65.1 Å². The molecular weight excluding hydrogens is 594 g/mol. The van der Waals surface area contributed by atoms with E-state index >= 15 is 0 Å². The van der Waals surface area contributed by atoms with Gasteiger partial charge in [0.1, 0.15) is 11.7 Å². The summed E-state index contributed by atoms with van der Waals surface area (Å²) in [4.78, 5) is 12.6. The molecule has 0 spiro atoms. The van der Waals surface area contributed by atoms with Crippen molar-refractivity contribution < 1.29 is 44.3 Å². The lowest BCUT2D eigenvalue weighted by Crippen LogP contribution is -2.26. The molecule has 3 rings (SSSR count). The molecule has 13 heteroatoms. The van der Waals surface area contributed by atoms with Gasteiger partial charge in [-0.15, -0.1) is 0 Å². The van der Waals surface area contributed by atoms with Crippen LogP contribution >= 0.6 is 34.8 Å². The molecule has 1 aliphatic rings. The van der Waals surface area contributed by atoms with Crippen molar-refractivity contribution in [1.29, 1.82) is 0 Å². The molecular formula is C25H18Cl3F9O. The fourth-order valence-electron chi connectivity index (χ4n) is 4.22. The van der Waals surface area contributed by atoms with E-state index in [0.29, 0.717) is 6.07 Å². The monoisotopic (exact) mass is 610 g/mol. The minimum absolute atomic E-state index is 0.0485. The van der Waals surface area contributed by atoms with Crippen LogP contribution in [0.4, 0.5) is 39.5 Å². The van der Waals surface area contributed by atoms with Gasteiger partial charge >= 0.3 is 12.4 Å². The normalized spacial score (nSPS) is 17.9. The minimum Gasteiger partial charge on any atom is -0.294 e. The lowest BCUT2D eigenvalue weighted by atomic mass is 9.82. The maximum absolute atomic E-state index is 15.0. The number of rotatable bonds is 6. The Morgan fingerprint density at radius 3 is 2.03 bits per heavy atom. The Kier molecular flexibility index (Phi) is 9.10. The molecule has 0 aromatic heterocycles. The highest BCUT2D eigenvalue weighted by molar-refractivity contribution is 6.48. The molecule has 2 aromatic carbocycles. The summed E-state index contributed by atoms with van der Waals surface area (Å²) < 4.78 is 124. The Hall–Kier alpha value is -1.91. The molecule has 208 valence electrons. The van der Waals surface area contributed by atoms with Crippen LogP contribution in [0.25, 0.3) is 5.83 Å². The molecule has 0 saturated heterocycles. The zero-order chi connectivity index (χ0) is 28.6. The summed E-state index contributed by atoms with van der Waals surface area (Å²) in [6.45, 7) is 0. The average Bonchev–Trinajstić information content (AvgIpc) is 2.80. The highest BCUT2D eigenvalue weighted by Crippen LogP contribution is 2.43. The van der Waals surface area contributed by atoms with Gasteiger partial charge in [-0.25, -0.2) is 13.2 Å². The van der Waals surface area contributed by atoms with E-state index < -0.39 is 83.2 Å². The van der Waals surface area contributed by atoms with E-state index in [4.69, 9.17) is 34.8 Å². The molecule has 38 heavy (non-hydrogen) atoms. The maximum Gasteiger partial charge on any atom is 0.417 e. The minimum atomic E-state index is -5.15. The summed E-state index contributed by atoms with van der Waals surface area (Å²) in [6, 6.07) is 3.27. The van der Waals surface area contributed by atoms with E-state index in [9.17, 15) is 44.3 Å². The Morgan fingerprint density at radius 1 is 0.974 bits per heavy atom. The van der Waals surface area contributed by atoms with Crippen LogP contribution in [0.3, 0.4) is 0 Å². The van der Waals surface area contributed by atoms with Crippen LogP contribution in [0, 0.1) is 5.92 Å². The van der Waals surface area contributed by atoms with Gasteiger partial charge < -0.3 is 0 Å². The van der Waals surface area contributed by atoms with Gasteiger partial charge in [-0.05, 0) is 48.6 Å². The van der Waals surface area contributed by atoms with Crippen molar-refractivity contribution in [3.05, 3.63) is 73.7 Å². The van der Waals surface area contributed by atoms with E-state index in [1.807, 2.05) is 0 Å². The van der Waals surface area contributed by atoms with Gasteiger partial charge in [0.2, 0.25) is 5.92 Å². The quantitative estimate of drug-likeness (QED) is 0.180. The molecule has 0 aliphatic heterocycles. The maximum atomic E-state index is 15.0. The van der Waals surface area contributed by atoms with Crippen molar-refractivity contribution in [2.45, 2.75) is 56.3 Å². The highest BCUT2D eigenvalue weighted by atomic mass is 35.5. The predicted molar refractivity (Wildman–Crippen MR) is 127 cm³/mol. The Labute approximate surface area is 226 Å². The van der Waals surface area contributed by atoms with Crippen molar-refractivity contribution >= 4 is 46.4 Å². The molecule has 2 aromatic rings. The molecule has 0 amide bonds. The van der Waals surface area contributed by atoms with Gasteiger partial charge in [0.25, 0.3) is 0 Å². The second-order valence-corrected chi connectivity index (χ2v) is 10.2. The predicted octanol–water partition coefficient (Wildman–Crippen LogP) is 10.7. The summed E-state index contributed by atoms with van der Waals surface area (Å²) in [6.07, 6.45) is -11.7. The number of hydrogen-bond donors (Lipinski definition) is 0. The van der Waals surface area contributed by atoms with E-state index in [1.165, 1.54) is 0 Å². The second-order valence-electron chi connectivity index (χ2n) is 9.02. The number of allylic oxidation sites excluding steroid dienone is 1. The van der Waals surface area contributed by atoms with Crippen molar-refractivity contribution in [2.24, 2.45) is 5.92 Å². The Bertz CT molecular complexity index is 1200. The number of benzene rings is 2. The van der Waals surface area contributed by atoms with Crippen molar-refractivity contribution in [2.75, 3.05) is 0 Å².